The lowest BCUT2D eigenvalue weighted by molar-refractivity contribution is -0.125. The Morgan fingerprint density at radius 3 is 2.62 bits per heavy atom. The first-order valence-electron chi connectivity index (χ1n) is 8.86. The highest BCUT2D eigenvalue weighted by Crippen LogP contribution is 2.27. The molecule has 1 aliphatic heterocycles. The predicted molar refractivity (Wildman–Crippen MR) is 99.0 cm³/mol. The van der Waals surface area contributed by atoms with Crippen molar-refractivity contribution in [1.82, 2.24) is 10.6 Å². The summed E-state index contributed by atoms with van der Waals surface area (Å²) in [7, 11) is 0. The van der Waals surface area contributed by atoms with Crippen LogP contribution in [0.15, 0.2) is 24.3 Å². The van der Waals surface area contributed by atoms with E-state index in [1.807, 2.05) is 31.2 Å². The van der Waals surface area contributed by atoms with E-state index in [0.29, 0.717) is 18.7 Å². The zero-order chi connectivity index (χ0) is 19.3. The Morgan fingerprint density at radius 1 is 1.27 bits per heavy atom. The molecule has 0 saturated carbocycles. The third-order valence-electron chi connectivity index (χ3n) is 3.84. The van der Waals surface area contributed by atoms with Gasteiger partial charge >= 0.3 is 6.09 Å². The van der Waals surface area contributed by atoms with Crippen molar-refractivity contribution in [3.63, 3.8) is 0 Å². The summed E-state index contributed by atoms with van der Waals surface area (Å²) in [5.41, 5.74) is 0.947. The second-order valence-electron chi connectivity index (χ2n) is 7.31. The summed E-state index contributed by atoms with van der Waals surface area (Å²) in [6, 6.07) is 6.63. The first-order valence-corrected chi connectivity index (χ1v) is 8.86. The van der Waals surface area contributed by atoms with Gasteiger partial charge in [-0.3, -0.25) is 9.59 Å². The second kappa shape index (κ2) is 8.21. The summed E-state index contributed by atoms with van der Waals surface area (Å²) in [5.74, 6) is -0.547. The Hall–Kier alpha value is -2.57. The van der Waals surface area contributed by atoms with Crippen molar-refractivity contribution < 1.29 is 19.1 Å². The lowest BCUT2D eigenvalue weighted by Gasteiger charge is -2.34. The largest absolute Gasteiger partial charge is 0.444 e. The van der Waals surface area contributed by atoms with Gasteiger partial charge in [-0.1, -0.05) is 25.1 Å². The molecule has 1 aliphatic rings. The van der Waals surface area contributed by atoms with E-state index in [9.17, 15) is 14.4 Å². The molecule has 26 heavy (non-hydrogen) atoms. The molecule has 0 spiro atoms. The SMILES string of the molecule is CCCNC(=O)CN1C(=O)[C@@H](NC(=O)OC(C)(C)C)Cc2ccccc21. The zero-order valence-corrected chi connectivity index (χ0v) is 15.8. The Balaban J connectivity index is 2.17. The molecule has 2 N–H and O–H groups in total. The maximum Gasteiger partial charge on any atom is 0.408 e. The van der Waals surface area contributed by atoms with Gasteiger partial charge in [0, 0.05) is 18.7 Å². The highest BCUT2D eigenvalue weighted by molar-refractivity contribution is 6.05. The zero-order valence-electron chi connectivity index (χ0n) is 15.8. The molecule has 0 fully saturated rings. The number of hydrogen-bond acceptors (Lipinski definition) is 4. The van der Waals surface area contributed by atoms with Crippen molar-refractivity contribution in [2.75, 3.05) is 18.0 Å². The maximum atomic E-state index is 12.9. The van der Waals surface area contributed by atoms with Crippen LogP contribution in [0.4, 0.5) is 10.5 Å². The molecule has 1 atom stereocenters. The molecule has 142 valence electrons. The van der Waals surface area contributed by atoms with Crippen LogP contribution in [0.1, 0.15) is 39.7 Å². The first kappa shape index (κ1) is 19.8. The van der Waals surface area contributed by atoms with Crippen LogP contribution < -0.4 is 15.5 Å². The van der Waals surface area contributed by atoms with Gasteiger partial charge in [0.25, 0.3) is 5.91 Å². The summed E-state index contributed by atoms with van der Waals surface area (Å²) in [6.07, 6.45) is 0.533. The quantitative estimate of drug-likeness (QED) is 0.840. The number of nitrogens with zero attached hydrogens (tertiary/aromatic N) is 1. The number of amides is 3. The molecule has 0 aromatic heterocycles. The summed E-state index contributed by atoms with van der Waals surface area (Å²) in [5, 5.41) is 5.40. The Labute approximate surface area is 154 Å². The molecule has 7 nitrogen and oxygen atoms in total. The van der Waals surface area contributed by atoms with E-state index in [1.54, 1.807) is 20.8 Å². The predicted octanol–water partition coefficient (Wildman–Crippen LogP) is 2.00. The lowest BCUT2D eigenvalue weighted by Crippen LogP contribution is -2.55. The van der Waals surface area contributed by atoms with Gasteiger partial charge in [-0.05, 0) is 38.8 Å². The number of rotatable bonds is 5. The molecule has 0 saturated heterocycles. The fourth-order valence-electron chi connectivity index (χ4n) is 2.75. The van der Waals surface area contributed by atoms with Crippen LogP contribution in [0.5, 0.6) is 0 Å². The number of anilines is 1. The van der Waals surface area contributed by atoms with Gasteiger partial charge in [-0.2, -0.15) is 0 Å². The average Bonchev–Trinajstić information content (AvgIpc) is 2.55. The van der Waals surface area contributed by atoms with Crippen molar-refractivity contribution in [2.24, 2.45) is 0 Å². The molecular weight excluding hydrogens is 334 g/mol. The highest BCUT2D eigenvalue weighted by atomic mass is 16.6. The Bertz CT molecular complexity index is 682. The van der Waals surface area contributed by atoms with Crippen molar-refractivity contribution in [1.29, 1.82) is 0 Å². The normalized spacial score (nSPS) is 16.7. The first-order chi connectivity index (χ1) is 12.2. The smallest absolute Gasteiger partial charge is 0.408 e. The van der Waals surface area contributed by atoms with E-state index in [-0.39, 0.29) is 18.4 Å². The minimum absolute atomic E-state index is 0.0810. The number of carbonyl (C=O) groups excluding carboxylic acids is 3. The molecule has 0 radical (unpaired) electrons. The molecule has 7 heteroatoms. The van der Waals surface area contributed by atoms with Gasteiger partial charge in [0.2, 0.25) is 5.91 Å². The van der Waals surface area contributed by atoms with Crippen molar-refractivity contribution in [3.05, 3.63) is 29.8 Å². The van der Waals surface area contributed by atoms with Gasteiger partial charge in [0.05, 0.1) is 0 Å². The van der Waals surface area contributed by atoms with Gasteiger partial charge in [-0.15, -0.1) is 0 Å². The second-order valence-corrected chi connectivity index (χ2v) is 7.31. The van der Waals surface area contributed by atoms with E-state index in [2.05, 4.69) is 10.6 Å². The average molecular weight is 361 g/mol. The fourth-order valence-corrected chi connectivity index (χ4v) is 2.75. The maximum absolute atomic E-state index is 12.9. The summed E-state index contributed by atoms with van der Waals surface area (Å²) >= 11 is 0. The Kier molecular flexibility index (Phi) is 6.23. The molecule has 0 bridgehead atoms. The third kappa shape index (κ3) is 5.21. The van der Waals surface area contributed by atoms with Crippen LogP contribution in [-0.4, -0.2) is 42.6 Å². The molecule has 3 amide bonds. The summed E-state index contributed by atoms with van der Waals surface area (Å²) in [4.78, 5) is 38.5. The molecule has 1 aromatic carbocycles. The van der Waals surface area contributed by atoms with Crippen LogP contribution in [0.25, 0.3) is 0 Å². The van der Waals surface area contributed by atoms with E-state index < -0.39 is 17.7 Å². The number of para-hydroxylation sites is 1. The number of hydrogen-bond donors (Lipinski definition) is 2. The van der Waals surface area contributed by atoms with Gasteiger partial charge in [-0.25, -0.2) is 4.79 Å². The van der Waals surface area contributed by atoms with Crippen molar-refractivity contribution in [3.8, 4) is 0 Å². The number of fused-ring (bicyclic) bond motifs is 1. The molecular formula is C19H27N3O4. The molecule has 1 heterocycles. The van der Waals surface area contributed by atoms with E-state index in [1.165, 1.54) is 4.90 Å². The van der Waals surface area contributed by atoms with Gasteiger partial charge in [0.1, 0.15) is 18.2 Å². The molecule has 0 unspecified atom stereocenters. The van der Waals surface area contributed by atoms with Crippen LogP contribution in [-0.2, 0) is 20.7 Å². The number of benzene rings is 1. The minimum atomic E-state index is -0.765. The number of carbonyl (C=O) groups is 3. The van der Waals surface area contributed by atoms with Crippen LogP contribution in [0, 0.1) is 0 Å². The van der Waals surface area contributed by atoms with E-state index in [4.69, 9.17) is 4.74 Å². The van der Waals surface area contributed by atoms with Gasteiger partial charge < -0.3 is 20.3 Å². The van der Waals surface area contributed by atoms with E-state index >= 15 is 0 Å². The standard InChI is InChI=1S/C19H27N3O4/c1-5-10-20-16(23)12-22-15-9-7-6-8-13(15)11-14(17(22)24)21-18(25)26-19(2,3)4/h6-9,14H,5,10-12H2,1-4H3,(H,20,23)(H,21,25)/t14-/m0/s1. The molecule has 2 rings (SSSR count). The minimum Gasteiger partial charge on any atom is -0.444 e. The van der Waals surface area contributed by atoms with Crippen LogP contribution in [0.2, 0.25) is 0 Å². The number of ether oxygens (including phenoxy) is 1. The van der Waals surface area contributed by atoms with Crippen molar-refractivity contribution in [2.45, 2.75) is 52.2 Å². The summed E-state index contributed by atoms with van der Waals surface area (Å²) in [6.45, 7) is 7.71. The molecule has 1 aromatic rings. The van der Waals surface area contributed by atoms with Gasteiger partial charge in [0.15, 0.2) is 0 Å². The van der Waals surface area contributed by atoms with Crippen molar-refractivity contribution >= 4 is 23.6 Å². The highest BCUT2D eigenvalue weighted by Gasteiger charge is 2.35. The monoisotopic (exact) mass is 361 g/mol. The fraction of sp³-hybridized carbons (Fsp3) is 0.526. The summed E-state index contributed by atoms with van der Waals surface area (Å²) < 4.78 is 5.25. The van der Waals surface area contributed by atoms with E-state index in [0.717, 1.165) is 12.0 Å². The number of alkyl carbamates (subject to hydrolysis) is 1. The topological polar surface area (TPSA) is 87.7 Å². The van der Waals surface area contributed by atoms with Crippen LogP contribution in [0.3, 0.4) is 0 Å². The number of nitrogens with one attached hydrogen (secondary N) is 2. The molecule has 0 aliphatic carbocycles. The van der Waals surface area contributed by atoms with Crippen LogP contribution >= 0.6 is 0 Å². The Morgan fingerprint density at radius 2 is 1.96 bits per heavy atom. The third-order valence-corrected chi connectivity index (χ3v) is 3.84. The lowest BCUT2D eigenvalue weighted by atomic mass is 9.97.